The minimum Gasteiger partial charge on any atom is -0.485 e. The van der Waals surface area contributed by atoms with E-state index in [2.05, 4.69) is 35.4 Å². The number of benzene rings is 1. The number of aromatic nitrogens is 1. The highest BCUT2D eigenvalue weighted by Gasteiger charge is 2.58. The van der Waals surface area contributed by atoms with Gasteiger partial charge in [0, 0.05) is 30.9 Å². The summed E-state index contributed by atoms with van der Waals surface area (Å²) in [4.78, 5) is 53.0. The van der Waals surface area contributed by atoms with Crippen molar-refractivity contribution in [3.05, 3.63) is 40.4 Å². The number of nitrogens with one attached hydrogen (secondary N) is 3. The number of carboxylic acid groups (broad SMARTS) is 1. The van der Waals surface area contributed by atoms with Crippen molar-refractivity contribution < 1.29 is 46.3 Å². The van der Waals surface area contributed by atoms with Crippen molar-refractivity contribution in [1.82, 2.24) is 26.0 Å². The number of aliphatic carboxylic acids is 1. The van der Waals surface area contributed by atoms with Crippen molar-refractivity contribution in [2.45, 2.75) is 68.9 Å². The highest BCUT2D eigenvalue weighted by molar-refractivity contribution is 7.80. The number of nitrogens with two attached hydrogens (primary N) is 3. The topological polar surface area (TPSA) is 308 Å². The number of aryl methyl sites for hydroxylation is 1. The number of carboxylic acids is 1. The lowest BCUT2D eigenvalue weighted by Crippen LogP contribution is -2.76. The normalized spacial score (nSPS) is 22.8. The van der Waals surface area contributed by atoms with E-state index in [1.807, 2.05) is 12.1 Å². The van der Waals surface area contributed by atoms with Crippen LogP contribution in [0.15, 0.2) is 33.7 Å². The number of amides is 2. The van der Waals surface area contributed by atoms with Crippen LogP contribution >= 0.6 is 11.3 Å². The first-order valence-corrected chi connectivity index (χ1v) is 18.0. The molecule has 0 aliphatic carbocycles. The van der Waals surface area contributed by atoms with Gasteiger partial charge in [-0.15, -0.1) is 15.6 Å². The molecule has 0 bridgehead atoms. The van der Waals surface area contributed by atoms with Crippen LogP contribution in [0.1, 0.15) is 49.9 Å². The summed E-state index contributed by atoms with van der Waals surface area (Å²) in [6, 6.07) is 4.24. The first-order valence-electron chi connectivity index (χ1n) is 15.7. The second-order valence-corrected chi connectivity index (χ2v) is 14.7. The van der Waals surface area contributed by atoms with E-state index >= 15 is 0 Å². The predicted molar refractivity (Wildman–Crippen MR) is 183 cm³/mol. The SMILES string of the molecule is CC(O/N=C(\C(=O)N[C@@H]1C(=O)N(OS(=O)(=O)O)C1(C)C)c1csc(N)n1)(C(=O)O)[C@H]1CCc2cc(C3CN=C(NC(CN)CN)NC3)ccc2O1. The van der Waals surface area contributed by atoms with Gasteiger partial charge in [0.2, 0.25) is 0 Å². The Balaban J connectivity index is 1.31. The fourth-order valence-corrected chi connectivity index (χ4v) is 6.72. The van der Waals surface area contributed by atoms with E-state index < -0.39 is 57.2 Å². The summed E-state index contributed by atoms with van der Waals surface area (Å²) in [6.45, 7) is 5.92. The molecule has 22 heteroatoms. The summed E-state index contributed by atoms with van der Waals surface area (Å²) in [7, 11) is -5.03. The number of hydroxylamine groups is 2. The third-order valence-electron chi connectivity index (χ3n) is 8.86. The van der Waals surface area contributed by atoms with Crippen molar-refractivity contribution in [2.75, 3.05) is 31.9 Å². The molecule has 20 nitrogen and oxygen atoms in total. The molecular formula is C29H40N10O10S2. The number of thiazole rings is 1. The molecule has 278 valence electrons. The van der Waals surface area contributed by atoms with Crippen LogP contribution in [-0.4, -0.2) is 113 Å². The van der Waals surface area contributed by atoms with E-state index in [1.165, 1.54) is 26.2 Å². The van der Waals surface area contributed by atoms with Crippen LogP contribution in [0.5, 0.6) is 5.75 Å². The second kappa shape index (κ2) is 14.6. The fourth-order valence-electron chi connectivity index (χ4n) is 5.72. The van der Waals surface area contributed by atoms with Gasteiger partial charge in [-0.3, -0.25) is 19.1 Å². The lowest BCUT2D eigenvalue weighted by molar-refractivity contribution is -0.218. The Bertz CT molecular complexity index is 1850. The monoisotopic (exact) mass is 752 g/mol. The zero-order valence-electron chi connectivity index (χ0n) is 27.9. The van der Waals surface area contributed by atoms with E-state index in [0.29, 0.717) is 49.4 Å². The number of rotatable bonds is 13. The zero-order chi connectivity index (χ0) is 37.3. The van der Waals surface area contributed by atoms with Crippen molar-refractivity contribution in [2.24, 2.45) is 21.6 Å². The Morgan fingerprint density at radius 2 is 2.04 bits per heavy atom. The van der Waals surface area contributed by atoms with E-state index in [0.717, 1.165) is 22.5 Å². The van der Waals surface area contributed by atoms with Crippen LogP contribution in [0.3, 0.4) is 0 Å². The molecule has 0 saturated carbocycles. The maximum absolute atomic E-state index is 13.5. The number of nitrogen functional groups attached to an aromatic ring is 1. The van der Waals surface area contributed by atoms with Gasteiger partial charge in [0.1, 0.15) is 17.5 Å². The molecule has 1 fully saturated rings. The van der Waals surface area contributed by atoms with Crippen LogP contribution in [-0.2, 0) is 40.3 Å². The predicted octanol–water partition coefficient (Wildman–Crippen LogP) is -1.56. The molecule has 5 rings (SSSR count). The van der Waals surface area contributed by atoms with Crippen molar-refractivity contribution in [3.8, 4) is 5.75 Å². The average molecular weight is 753 g/mol. The third-order valence-corrected chi connectivity index (χ3v) is 9.87. The summed E-state index contributed by atoms with van der Waals surface area (Å²) in [5.74, 6) is -2.25. The highest BCUT2D eigenvalue weighted by atomic mass is 32.3. The molecule has 1 saturated heterocycles. The lowest BCUT2D eigenvalue weighted by atomic mass is 9.84. The molecular weight excluding hydrogens is 713 g/mol. The number of fused-ring (bicyclic) bond motifs is 1. The number of anilines is 1. The fraction of sp³-hybridized carbons (Fsp3) is 0.517. The molecule has 4 heterocycles. The summed E-state index contributed by atoms with van der Waals surface area (Å²) >= 11 is 0.968. The number of β-lactam (4-membered cyclic amide) rings is 1. The second-order valence-electron chi connectivity index (χ2n) is 12.8. The van der Waals surface area contributed by atoms with Crippen LogP contribution in [0.4, 0.5) is 5.13 Å². The molecule has 0 radical (unpaired) electrons. The van der Waals surface area contributed by atoms with Gasteiger partial charge in [-0.25, -0.2) is 9.78 Å². The number of carbonyl (C=O) groups excluding carboxylic acids is 2. The van der Waals surface area contributed by atoms with Crippen LogP contribution < -0.4 is 37.9 Å². The van der Waals surface area contributed by atoms with E-state index in [9.17, 15) is 27.9 Å². The number of hydrogen-bond donors (Lipinski definition) is 8. The number of ether oxygens (including phenoxy) is 1. The minimum absolute atomic E-state index is 0.0608. The minimum atomic E-state index is -5.03. The van der Waals surface area contributed by atoms with Crippen LogP contribution in [0, 0.1) is 0 Å². The molecule has 1 aromatic heterocycles. The van der Waals surface area contributed by atoms with E-state index in [4.69, 9.17) is 31.3 Å². The molecule has 2 amide bonds. The van der Waals surface area contributed by atoms with Crippen LogP contribution in [0.2, 0.25) is 0 Å². The van der Waals surface area contributed by atoms with E-state index in [1.54, 1.807) is 6.07 Å². The number of aliphatic imine (C=N–C) groups is 1. The van der Waals surface area contributed by atoms with E-state index in [-0.39, 0.29) is 29.2 Å². The smallest absolute Gasteiger partial charge is 0.418 e. The van der Waals surface area contributed by atoms with Crippen LogP contribution in [0.25, 0.3) is 0 Å². The van der Waals surface area contributed by atoms with Gasteiger partial charge in [0.05, 0.1) is 18.1 Å². The Hall–Kier alpha value is -4.61. The first-order chi connectivity index (χ1) is 24.0. The van der Waals surface area contributed by atoms with Gasteiger partial charge in [0.25, 0.3) is 17.4 Å². The summed E-state index contributed by atoms with van der Waals surface area (Å²) in [5, 5.41) is 24.9. The van der Waals surface area contributed by atoms with Gasteiger partial charge >= 0.3 is 16.4 Å². The number of guanidine groups is 1. The number of carbonyl (C=O) groups is 3. The highest BCUT2D eigenvalue weighted by Crippen LogP contribution is 2.36. The lowest BCUT2D eigenvalue weighted by Gasteiger charge is -2.50. The molecule has 0 spiro atoms. The van der Waals surface area contributed by atoms with Gasteiger partial charge in [0.15, 0.2) is 22.9 Å². The Morgan fingerprint density at radius 1 is 1.31 bits per heavy atom. The number of hydrogen-bond acceptors (Lipinski definition) is 17. The zero-order valence-corrected chi connectivity index (χ0v) is 29.5. The third kappa shape index (κ3) is 7.99. The summed E-state index contributed by atoms with van der Waals surface area (Å²) < 4.78 is 41.8. The molecule has 3 aliphatic rings. The number of nitrogens with zero attached hydrogens (tertiary/aromatic N) is 4. The maximum atomic E-state index is 13.5. The molecule has 2 aromatic rings. The molecule has 1 aromatic carbocycles. The Labute approximate surface area is 296 Å². The molecule has 51 heavy (non-hydrogen) atoms. The van der Waals surface area contributed by atoms with Gasteiger partial charge < -0.3 is 47.8 Å². The van der Waals surface area contributed by atoms with Gasteiger partial charge in [-0.1, -0.05) is 17.3 Å². The van der Waals surface area contributed by atoms with Crippen molar-refractivity contribution in [3.63, 3.8) is 0 Å². The van der Waals surface area contributed by atoms with Gasteiger partial charge in [-0.2, -0.15) is 13.5 Å². The molecule has 2 unspecified atom stereocenters. The standard InChI is InChI=1S/C29H40N10O10S2/c1-28(2)22(24(41)39(28)49-51(44,45)46)37-23(40)21(18-13-50-26(32)36-18)38-48-29(3,25(42)43)20-7-5-15-8-14(4-6-19(15)47-20)16-11-33-27(34-12-16)35-17(9-30)10-31/h4,6,8,13,16-17,20,22H,5,7,9-12,30-31H2,1-3H3,(H2,32,36)(H,37,40)(H,42,43)(H2,33,34,35)(H,44,45,46)/b38-21-/t20-,22-,29?/m1/s1. The summed E-state index contributed by atoms with van der Waals surface area (Å²) in [6.07, 6.45) is -0.373. The number of oxime groups is 1. The molecule has 11 N–H and O–H groups in total. The Kier molecular flexibility index (Phi) is 10.7. The Morgan fingerprint density at radius 3 is 2.61 bits per heavy atom. The average Bonchev–Trinajstić information content (AvgIpc) is 3.53. The molecule has 4 atom stereocenters. The quantitative estimate of drug-likeness (QED) is 0.0497. The molecule has 3 aliphatic heterocycles. The first kappa shape index (κ1) is 37.6. The maximum Gasteiger partial charge on any atom is 0.418 e. The van der Waals surface area contributed by atoms with Crippen molar-refractivity contribution >= 4 is 56.3 Å². The van der Waals surface area contributed by atoms with Gasteiger partial charge in [-0.05, 0) is 50.8 Å². The largest absolute Gasteiger partial charge is 0.485 e. The summed E-state index contributed by atoms with van der Waals surface area (Å²) in [5.41, 5.74) is 15.0. The van der Waals surface area contributed by atoms with Crippen molar-refractivity contribution in [1.29, 1.82) is 0 Å².